The molecule has 0 amide bonds. The van der Waals surface area contributed by atoms with Gasteiger partial charge in [0, 0.05) is 14.8 Å². The zero-order chi connectivity index (χ0) is 11.5. The molecule has 0 heterocycles. The minimum Gasteiger partial charge on any atom is -0.506 e. The maximum Gasteiger partial charge on any atom is 0.135 e. The molecule has 16 heavy (non-hydrogen) atoms. The fourth-order valence-corrected chi connectivity index (χ4v) is 2.29. The Kier molecular flexibility index (Phi) is 3.64. The number of hydrogen-bond acceptors (Lipinski definition) is 2. The van der Waals surface area contributed by atoms with E-state index in [1.807, 2.05) is 30.3 Å². The lowest BCUT2D eigenvalue weighted by atomic mass is 10.3. The van der Waals surface area contributed by atoms with Gasteiger partial charge in [-0.1, -0.05) is 35.0 Å². The molecule has 0 fully saturated rings. The highest BCUT2D eigenvalue weighted by Gasteiger charge is 2.02. The molecule has 0 aromatic heterocycles. The third kappa shape index (κ3) is 2.85. The van der Waals surface area contributed by atoms with E-state index < -0.39 is 0 Å². The van der Waals surface area contributed by atoms with Crippen molar-refractivity contribution < 1.29 is 5.11 Å². The second kappa shape index (κ2) is 5.00. The van der Waals surface area contributed by atoms with Crippen LogP contribution >= 0.6 is 35.0 Å². The van der Waals surface area contributed by atoms with Crippen molar-refractivity contribution in [3.05, 3.63) is 52.5 Å². The summed E-state index contributed by atoms with van der Waals surface area (Å²) in [6.45, 7) is 0. The van der Waals surface area contributed by atoms with E-state index in [2.05, 4.69) is 0 Å². The van der Waals surface area contributed by atoms with Crippen molar-refractivity contribution in [1.82, 2.24) is 0 Å². The molecule has 2 rings (SSSR count). The van der Waals surface area contributed by atoms with Crippen LogP contribution in [0.5, 0.6) is 5.75 Å². The van der Waals surface area contributed by atoms with Gasteiger partial charge in [0.05, 0.1) is 5.02 Å². The van der Waals surface area contributed by atoms with Gasteiger partial charge < -0.3 is 5.11 Å². The first kappa shape index (κ1) is 11.6. The lowest BCUT2D eigenvalue weighted by Gasteiger charge is -2.03. The Morgan fingerprint density at radius 1 is 0.875 bits per heavy atom. The van der Waals surface area contributed by atoms with Crippen LogP contribution in [0.25, 0.3) is 0 Å². The summed E-state index contributed by atoms with van der Waals surface area (Å²) in [6.07, 6.45) is 0. The number of benzene rings is 2. The summed E-state index contributed by atoms with van der Waals surface area (Å²) in [6, 6.07) is 12.7. The molecule has 0 radical (unpaired) electrons. The number of aromatic hydroxyl groups is 1. The van der Waals surface area contributed by atoms with Crippen molar-refractivity contribution in [2.75, 3.05) is 0 Å². The van der Waals surface area contributed by atoms with Crippen LogP contribution in [-0.4, -0.2) is 5.11 Å². The predicted molar refractivity (Wildman–Crippen MR) is 68.7 cm³/mol. The molecule has 0 aliphatic rings. The number of halogens is 2. The third-order valence-corrected chi connectivity index (χ3v) is 3.54. The van der Waals surface area contributed by atoms with E-state index in [0.717, 1.165) is 9.79 Å². The smallest absolute Gasteiger partial charge is 0.135 e. The minimum absolute atomic E-state index is 0.0978. The molecule has 0 bridgehead atoms. The Morgan fingerprint density at radius 3 is 2.12 bits per heavy atom. The topological polar surface area (TPSA) is 20.2 Å². The van der Waals surface area contributed by atoms with E-state index in [-0.39, 0.29) is 5.75 Å². The molecule has 0 atom stereocenters. The zero-order valence-corrected chi connectivity index (χ0v) is 10.5. The Balaban J connectivity index is 2.20. The average Bonchev–Trinajstić information content (AvgIpc) is 2.27. The van der Waals surface area contributed by atoms with Crippen molar-refractivity contribution >= 4 is 35.0 Å². The Hall–Kier alpha value is -0.830. The van der Waals surface area contributed by atoms with Gasteiger partial charge in [0.15, 0.2) is 0 Å². The van der Waals surface area contributed by atoms with E-state index in [4.69, 9.17) is 23.2 Å². The molecule has 0 spiro atoms. The summed E-state index contributed by atoms with van der Waals surface area (Å²) >= 11 is 13.1. The zero-order valence-electron chi connectivity index (χ0n) is 8.15. The molecule has 0 saturated carbocycles. The molecule has 1 nitrogen and oxygen atoms in total. The van der Waals surface area contributed by atoms with Gasteiger partial charge >= 0.3 is 0 Å². The van der Waals surface area contributed by atoms with Crippen LogP contribution in [0.3, 0.4) is 0 Å². The van der Waals surface area contributed by atoms with E-state index in [9.17, 15) is 5.11 Å². The van der Waals surface area contributed by atoms with E-state index in [1.54, 1.807) is 23.9 Å². The number of phenolic OH excluding ortho intramolecular Hbond substituents is 1. The van der Waals surface area contributed by atoms with Gasteiger partial charge in [-0.25, -0.2) is 0 Å². The normalized spacial score (nSPS) is 10.4. The van der Waals surface area contributed by atoms with Crippen LogP contribution < -0.4 is 0 Å². The SMILES string of the molecule is Oc1cc(Sc2ccc(Cl)cc2)ccc1Cl. The molecule has 82 valence electrons. The third-order valence-electron chi connectivity index (χ3n) is 1.97. The first-order chi connectivity index (χ1) is 7.65. The van der Waals surface area contributed by atoms with Gasteiger partial charge in [-0.2, -0.15) is 0 Å². The fourth-order valence-electron chi connectivity index (χ4n) is 1.19. The molecule has 4 heteroatoms. The largest absolute Gasteiger partial charge is 0.506 e. The van der Waals surface area contributed by atoms with Crippen LogP contribution in [0.2, 0.25) is 10.0 Å². The first-order valence-corrected chi connectivity index (χ1v) is 6.14. The fraction of sp³-hybridized carbons (Fsp3) is 0. The second-order valence-corrected chi connectivity index (χ2v) is 5.16. The number of rotatable bonds is 2. The highest BCUT2D eigenvalue weighted by Crippen LogP contribution is 2.33. The number of hydrogen-bond donors (Lipinski definition) is 1. The summed E-state index contributed by atoms with van der Waals surface area (Å²) in [5.41, 5.74) is 0. The molecule has 2 aromatic carbocycles. The monoisotopic (exact) mass is 270 g/mol. The van der Waals surface area contributed by atoms with Crippen molar-refractivity contribution in [3.8, 4) is 5.75 Å². The quantitative estimate of drug-likeness (QED) is 0.842. The van der Waals surface area contributed by atoms with Crippen LogP contribution in [0.1, 0.15) is 0 Å². The Bertz CT molecular complexity index is 497. The summed E-state index contributed by atoms with van der Waals surface area (Å²) in [7, 11) is 0. The molecule has 0 unspecified atom stereocenters. The lowest BCUT2D eigenvalue weighted by Crippen LogP contribution is -1.75. The van der Waals surface area contributed by atoms with Crippen molar-refractivity contribution in [2.24, 2.45) is 0 Å². The number of phenols is 1. The molecule has 1 N–H and O–H groups in total. The van der Waals surface area contributed by atoms with Gasteiger partial charge in [0.25, 0.3) is 0 Å². The van der Waals surface area contributed by atoms with Crippen LogP contribution in [0, 0.1) is 0 Å². The van der Waals surface area contributed by atoms with Gasteiger partial charge in [-0.15, -0.1) is 0 Å². The van der Waals surface area contributed by atoms with Crippen LogP contribution in [0.15, 0.2) is 52.3 Å². The van der Waals surface area contributed by atoms with Crippen molar-refractivity contribution in [3.63, 3.8) is 0 Å². The molecule has 0 aliphatic carbocycles. The van der Waals surface area contributed by atoms with Crippen LogP contribution in [0.4, 0.5) is 0 Å². The summed E-state index contributed by atoms with van der Waals surface area (Å²) < 4.78 is 0. The molecule has 0 aliphatic heterocycles. The highest BCUT2D eigenvalue weighted by atomic mass is 35.5. The van der Waals surface area contributed by atoms with E-state index in [0.29, 0.717) is 10.0 Å². The van der Waals surface area contributed by atoms with E-state index in [1.165, 1.54) is 0 Å². The predicted octanol–water partition coefficient (Wildman–Crippen LogP) is 4.85. The summed E-state index contributed by atoms with van der Waals surface area (Å²) in [5.74, 6) is 0.0978. The summed E-state index contributed by atoms with van der Waals surface area (Å²) in [4.78, 5) is 2.00. The first-order valence-electron chi connectivity index (χ1n) is 4.57. The van der Waals surface area contributed by atoms with Crippen LogP contribution in [-0.2, 0) is 0 Å². The van der Waals surface area contributed by atoms with E-state index >= 15 is 0 Å². The molecule has 0 saturated heterocycles. The molecular formula is C12H8Cl2OS. The molecular weight excluding hydrogens is 263 g/mol. The summed E-state index contributed by atoms with van der Waals surface area (Å²) in [5, 5.41) is 10.5. The highest BCUT2D eigenvalue weighted by molar-refractivity contribution is 7.99. The van der Waals surface area contributed by atoms with Gasteiger partial charge in [-0.05, 0) is 42.5 Å². The van der Waals surface area contributed by atoms with Crippen molar-refractivity contribution in [2.45, 2.75) is 9.79 Å². The standard InChI is InChI=1S/C12H8Cl2OS/c13-8-1-3-9(4-2-8)16-10-5-6-11(14)12(15)7-10/h1-7,15H. The molecule has 2 aromatic rings. The lowest BCUT2D eigenvalue weighted by molar-refractivity contribution is 0.474. The van der Waals surface area contributed by atoms with Gasteiger partial charge in [0.1, 0.15) is 5.75 Å². The maximum atomic E-state index is 9.46. The van der Waals surface area contributed by atoms with Gasteiger partial charge in [-0.3, -0.25) is 0 Å². The second-order valence-electron chi connectivity index (χ2n) is 3.17. The minimum atomic E-state index is 0.0978. The maximum absolute atomic E-state index is 9.46. The Labute approximate surface area is 108 Å². The Morgan fingerprint density at radius 2 is 1.50 bits per heavy atom. The van der Waals surface area contributed by atoms with Crippen molar-refractivity contribution in [1.29, 1.82) is 0 Å². The van der Waals surface area contributed by atoms with Gasteiger partial charge in [0.2, 0.25) is 0 Å². The average molecular weight is 271 g/mol.